The van der Waals surface area contributed by atoms with Gasteiger partial charge in [0.1, 0.15) is 0 Å². The molecule has 2 saturated heterocycles. The van der Waals surface area contributed by atoms with Crippen LogP contribution in [0.4, 0.5) is 8.78 Å². The third kappa shape index (κ3) is 4.26. The normalized spacial score (nSPS) is 26.6. The van der Waals surface area contributed by atoms with Gasteiger partial charge in [-0.25, -0.2) is 8.78 Å². The number of ether oxygens (including phenoxy) is 1. The molecule has 1 aromatic carbocycles. The lowest BCUT2D eigenvalue weighted by Gasteiger charge is -2.20. The van der Waals surface area contributed by atoms with Gasteiger partial charge in [-0.3, -0.25) is 10.1 Å². The van der Waals surface area contributed by atoms with E-state index < -0.39 is 24.9 Å². The third-order valence-corrected chi connectivity index (χ3v) is 4.47. The summed E-state index contributed by atoms with van der Waals surface area (Å²) in [5.41, 5.74) is 1.12. The summed E-state index contributed by atoms with van der Waals surface area (Å²) in [6.07, 6.45) is 0.473. The zero-order valence-corrected chi connectivity index (χ0v) is 13.0. The van der Waals surface area contributed by atoms with Crippen LogP contribution in [-0.4, -0.2) is 49.0 Å². The molecule has 4 nitrogen and oxygen atoms in total. The lowest BCUT2D eigenvalue weighted by atomic mass is 10.1. The smallest absolute Gasteiger partial charge is 0.262 e. The third-order valence-electron chi connectivity index (χ3n) is 4.47. The molecule has 1 aromatic rings. The zero-order chi connectivity index (χ0) is 16.3. The molecule has 2 heterocycles. The van der Waals surface area contributed by atoms with Gasteiger partial charge in [0.05, 0.1) is 25.8 Å². The Kier molecular flexibility index (Phi) is 4.92. The Morgan fingerprint density at radius 3 is 2.83 bits per heavy atom. The van der Waals surface area contributed by atoms with Crippen molar-refractivity contribution in [3.63, 3.8) is 0 Å². The lowest BCUT2D eigenvalue weighted by molar-refractivity contribution is -0.132. The number of benzene rings is 1. The molecule has 1 amide bonds. The van der Waals surface area contributed by atoms with E-state index in [1.165, 1.54) is 0 Å². The fourth-order valence-corrected chi connectivity index (χ4v) is 3.20. The number of likely N-dealkylation sites (tertiary alicyclic amines) is 1. The van der Waals surface area contributed by atoms with Gasteiger partial charge in [0.15, 0.2) is 0 Å². The Labute approximate surface area is 134 Å². The van der Waals surface area contributed by atoms with Crippen LogP contribution in [0, 0.1) is 5.92 Å². The van der Waals surface area contributed by atoms with Crippen LogP contribution in [0.25, 0.3) is 0 Å². The Bertz CT molecular complexity index is 539. The second kappa shape index (κ2) is 6.93. The van der Waals surface area contributed by atoms with Gasteiger partial charge >= 0.3 is 0 Å². The predicted molar refractivity (Wildman–Crippen MR) is 82.1 cm³/mol. The minimum atomic E-state index is -2.77. The summed E-state index contributed by atoms with van der Waals surface area (Å²) in [6.45, 7) is 1.97. The number of halogens is 2. The molecule has 2 aliphatic rings. The highest BCUT2D eigenvalue weighted by Gasteiger charge is 2.44. The summed E-state index contributed by atoms with van der Waals surface area (Å²) in [5, 5.41) is 2.63. The average Bonchev–Trinajstić information content (AvgIpc) is 3.14. The molecule has 3 rings (SSSR count). The van der Waals surface area contributed by atoms with E-state index in [9.17, 15) is 13.6 Å². The minimum absolute atomic E-state index is 0.201. The number of amides is 1. The Balaban J connectivity index is 1.41. The van der Waals surface area contributed by atoms with E-state index in [2.05, 4.69) is 5.32 Å². The van der Waals surface area contributed by atoms with E-state index in [1.54, 1.807) is 4.90 Å². The predicted octanol–water partition coefficient (Wildman–Crippen LogP) is 2.05. The maximum Gasteiger partial charge on any atom is 0.262 e. The van der Waals surface area contributed by atoms with Crippen LogP contribution in [0.1, 0.15) is 18.4 Å². The number of hydrogen-bond donors (Lipinski definition) is 1. The Morgan fingerprint density at radius 1 is 1.35 bits per heavy atom. The van der Waals surface area contributed by atoms with Crippen LogP contribution in [0.5, 0.6) is 0 Å². The van der Waals surface area contributed by atoms with Crippen LogP contribution in [0.3, 0.4) is 0 Å². The fourth-order valence-electron chi connectivity index (χ4n) is 3.20. The highest BCUT2D eigenvalue weighted by molar-refractivity contribution is 5.82. The van der Waals surface area contributed by atoms with Gasteiger partial charge in [-0.05, 0) is 12.0 Å². The van der Waals surface area contributed by atoms with Crippen molar-refractivity contribution in [2.45, 2.75) is 31.4 Å². The van der Waals surface area contributed by atoms with E-state index in [1.807, 2.05) is 30.3 Å². The SMILES string of the molecule is O=C(C1CC(F)(F)CN1)N1CCC(COCc2ccccc2)C1. The summed E-state index contributed by atoms with van der Waals surface area (Å²) in [6, 6.07) is 9.18. The highest BCUT2D eigenvalue weighted by Crippen LogP contribution is 2.27. The van der Waals surface area contributed by atoms with Crippen molar-refractivity contribution in [2.24, 2.45) is 5.92 Å². The molecule has 0 aromatic heterocycles. The maximum absolute atomic E-state index is 13.2. The van der Waals surface area contributed by atoms with E-state index in [4.69, 9.17) is 4.74 Å². The van der Waals surface area contributed by atoms with E-state index in [0.717, 1.165) is 12.0 Å². The number of alkyl halides is 2. The van der Waals surface area contributed by atoms with E-state index in [0.29, 0.717) is 26.3 Å². The second-order valence-corrected chi connectivity index (χ2v) is 6.43. The largest absolute Gasteiger partial charge is 0.376 e. The average molecular weight is 324 g/mol. The maximum atomic E-state index is 13.2. The van der Waals surface area contributed by atoms with Crippen molar-refractivity contribution in [1.29, 1.82) is 0 Å². The first kappa shape index (κ1) is 16.3. The molecule has 2 fully saturated rings. The first-order valence-electron chi connectivity index (χ1n) is 8.05. The zero-order valence-electron chi connectivity index (χ0n) is 13.0. The van der Waals surface area contributed by atoms with Crippen molar-refractivity contribution in [2.75, 3.05) is 26.2 Å². The van der Waals surface area contributed by atoms with Crippen LogP contribution in [0.2, 0.25) is 0 Å². The number of carbonyl (C=O) groups excluding carboxylic acids is 1. The molecule has 6 heteroatoms. The molecule has 1 N–H and O–H groups in total. The topological polar surface area (TPSA) is 41.6 Å². The van der Waals surface area contributed by atoms with Crippen LogP contribution in [0.15, 0.2) is 30.3 Å². The minimum Gasteiger partial charge on any atom is -0.376 e. The van der Waals surface area contributed by atoms with Crippen LogP contribution >= 0.6 is 0 Å². The van der Waals surface area contributed by atoms with Crippen molar-refractivity contribution < 1.29 is 18.3 Å². The van der Waals surface area contributed by atoms with Gasteiger partial charge in [-0.2, -0.15) is 0 Å². The molecule has 0 aliphatic carbocycles. The first-order chi connectivity index (χ1) is 11.0. The summed E-state index contributed by atoms with van der Waals surface area (Å²) < 4.78 is 32.1. The van der Waals surface area contributed by atoms with Gasteiger partial charge < -0.3 is 9.64 Å². The summed E-state index contributed by atoms with van der Waals surface area (Å²) in [7, 11) is 0. The quantitative estimate of drug-likeness (QED) is 0.901. The standard InChI is InChI=1S/C17H22F2N2O2/c18-17(19)8-15(20-12-17)16(22)21-7-6-14(9-21)11-23-10-13-4-2-1-3-5-13/h1-5,14-15,20H,6-12H2. The number of hydrogen-bond acceptors (Lipinski definition) is 3. The van der Waals surface area contributed by atoms with Gasteiger partial charge in [0.25, 0.3) is 5.92 Å². The summed E-state index contributed by atoms with van der Waals surface area (Å²) in [4.78, 5) is 14.0. The Morgan fingerprint density at radius 2 is 2.13 bits per heavy atom. The molecular formula is C17H22F2N2O2. The van der Waals surface area contributed by atoms with E-state index in [-0.39, 0.29) is 11.8 Å². The molecule has 23 heavy (non-hydrogen) atoms. The molecule has 126 valence electrons. The molecule has 0 saturated carbocycles. The van der Waals surface area contributed by atoms with Gasteiger partial charge in [0.2, 0.25) is 5.91 Å². The molecule has 2 atom stereocenters. The monoisotopic (exact) mass is 324 g/mol. The molecule has 2 unspecified atom stereocenters. The van der Waals surface area contributed by atoms with Gasteiger partial charge in [-0.15, -0.1) is 0 Å². The number of carbonyl (C=O) groups is 1. The number of nitrogens with zero attached hydrogens (tertiary/aromatic N) is 1. The lowest BCUT2D eigenvalue weighted by Crippen LogP contribution is -2.42. The second-order valence-electron chi connectivity index (χ2n) is 6.43. The Hall–Kier alpha value is -1.53. The highest BCUT2D eigenvalue weighted by atomic mass is 19.3. The molecule has 0 spiro atoms. The van der Waals surface area contributed by atoms with Crippen molar-refractivity contribution >= 4 is 5.91 Å². The number of nitrogens with one attached hydrogen (secondary N) is 1. The molecule has 0 radical (unpaired) electrons. The van der Waals surface area contributed by atoms with Crippen molar-refractivity contribution in [1.82, 2.24) is 10.2 Å². The van der Waals surface area contributed by atoms with Crippen LogP contribution < -0.4 is 5.32 Å². The molecule has 0 bridgehead atoms. The first-order valence-corrected chi connectivity index (χ1v) is 8.05. The fraction of sp³-hybridized carbons (Fsp3) is 0.588. The molecule has 2 aliphatic heterocycles. The van der Waals surface area contributed by atoms with Gasteiger partial charge in [-0.1, -0.05) is 30.3 Å². The van der Waals surface area contributed by atoms with Crippen molar-refractivity contribution in [3.05, 3.63) is 35.9 Å². The van der Waals surface area contributed by atoms with Crippen molar-refractivity contribution in [3.8, 4) is 0 Å². The van der Waals surface area contributed by atoms with Gasteiger partial charge in [0, 0.05) is 25.4 Å². The summed E-state index contributed by atoms with van der Waals surface area (Å²) >= 11 is 0. The van der Waals surface area contributed by atoms with E-state index >= 15 is 0 Å². The molecular weight excluding hydrogens is 302 g/mol. The number of rotatable bonds is 5. The van der Waals surface area contributed by atoms with Crippen LogP contribution in [-0.2, 0) is 16.1 Å². The summed E-state index contributed by atoms with van der Waals surface area (Å²) in [5.74, 6) is -2.68.